The molecule has 1 heterocycles. The summed E-state index contributed by atoms with van der Waals surface area (Å²) in [5, 5.41) is 0. The van der Waals surface area contributed by atoms with Gasteiger partial charge in [-0.2, -0.15) is 0 Å². The fourth-order valence-corrected chi connectivity index (χ4v) is 1.92. The van der Waals surface area contributed by atoms with Crippen LogP contribution in [0.25, 0.3) is 6.08 Å². The molecule has 0 atom stereocenters. The quantitative estimate of drug-likeness (QED) is 0.659. The molecule has 0 saturated heterocycles. The summed E-state index contributed by atoms with van der Waals surface area (Å²) in [5.41, 5.74) is 0. The van der Waals surface area contributed by atoms with Crippen LogP contribution in [0.3, 0.4) is 0 Å². The Hall–Kier alpha value is -0.340. The molecular weight excluding hydrogens is 208 g/mol. The molecule has 52 valence electrons. The first-order valence-electron chi connectivity index (χ1n) is 2.87. The van der Waals surface area contributed by atoms with Crippen LogP contribution in [0.2, 0.25) is 0 Å². The van der Waals surface area contributed by atoms with E-state index in [9.17, 15) is 0 Å². The second-order valence-electron chi connectivity index (χ2n) is 1.74. The van der Waals surface area contributed by atoms with E-state index in [1.807, 2.05) is 18.2 Å². The van der Waals surface area contributed by atoms with Crippen molar-refractivity contribution in [2.75, 3.05) is 0 Å². The van der Waals surface area contributed by atoms with Gasteiger partial charge in [-0.15, -0.1) is 11.3 Å². The maximum Gasteiger partial charge on any atom is 0.0704 e. The molecule has 0 aromatic carbocycles. The molecule has 0 nitrogen and oxygen atoms in total. The summed E-state index contributed by atoms with van der Waals surface area (Å²) < 4.78 is 1.16. The maximum atomic E-state index is 3.59. The van der Waals surface area contributed by atoms with E-state index in [-0.39, 0.29) is 0 Å². The minimum Gasteiger partial charge on any atom is -0.129 e. The molecule has 0 aliphatic rings. The molecule has 1 rings (SSSR count). The Morgan fingerprint density at radius 3 is 2.80 bits per heavy atom. The van der Waals surface area contributed by atoms with E-state index >= 15 is 0 Å². The number of halogens is 1. The van der Waals surface area contributed by atoms with Crippen LogP contribution in [0, 0.1) is 0 Å². The SMILES string of the molecule is C=CC=Cc1ccc(Br)s1. The third-order valence-electron chi connectivity index (χ3n) is 0.991. The molecule has 0 aliphatic carbocycles. The lowest BCUT2D eigenvalue weighted by atomic mass is 10.4. The zero-order valence-electron chi connectivity index (χ0n) is 5.38. The highest BCUT2D eigenvalue weighted by Crippen LogP contribution is 2.22. The maximum absolute atomic E-state index is 3.59. The first-order chi connectivity index (χ1) is 4.83. The Bertz CT molecular complexity index is 248. The average molecular weight is 215 g/mol. The Labute approximate surface area is 73.0 Å². The van der Waals surface area contributed by atoms with Gasteiger partial charge in [0, 0.05) is 4.88 Å². The fourth-order valence-electron chi connectivity index (χ4n) is 0.581. The molecule has 1 aromatic rings. The van der Waals surface area contributed by atoms with E-state index in [1.54, 1.807) is 17.4 Å². The van der Waals surface area contributed by atoms with E-state index in [0.717, 1.165) is 3.79 Å². The van der Waals surface area contributed by atoms with Crippen LogP contribution in [0.5, 0.6) is 0 Å². The van der Waals surface area contributed by atoms with Crippen molar-refractivity contribution in [1.29, 1.82) is 0 Å². The Balaban J connectivity index is 2.75. The van der Waals surface area contributed by atoms with Crippen molar-refractivity contribution in [2.45, 2.75) is 0 Å². The molecule has 1 aromatic heterocycles. The molecule has 0 amide bonds. The lowest BCUT2D eigenvalue weighted by molar-refractivity contribution is 1.91. The first kappa shape index (κ1) is 7.76. The topological polar surface area (TPSA) is 0 Å². The van der Waals surface area contributed by atoms with Crippen molar-refractivity contribution in [1.82, 2.24) is 0 Å². The molecule has 10 heavy (non-hydrogen) atoms. The van der Waals surface area contributed by atoms with Gasteiger partial charge in [-0.05, 0) is 34.1 Å². The highest BCUT2D eigenvalue weighted by molar-refractivity contribution is 9.11. The zero-order chi connectivity index (χ0) is 7.40. The van der Waals surface area contributed by atoms with Crippen molar-refractivity contribution in [2.24, 2.45) is 0 Å². The molecule has 0 unspecified atom stereocenters. The Morgan fingerprint density at radius 2 is 2.30 bits per heavy atom. The third kappa shape index (κ3) is 2.12. The molecule has 0 N–H and O–H groups in total. The summed E-state index contributed by atoms with van der Waals surface area (Å²) in [6.07, 6.45) is 5.73. The van der Waals surface area contributed by atoms with E-state index in [2.05, 4.69) is 28.6 Å². The highest BCUT2D eigenvalue weighted by Gasteiger charge is 1.89. The Morgan fingerprint density at radius 1 is 1.50 bits per heavy atom. The smallest absolute Gasteiger partial charge is 0.0704 e. The monoisotopic (exact) mass is 214 g/mol. The van der Waals surface area contributed by atoms with Crippen LogP contribution in [0.15, 0.2) is 34.7 Å². The molecule has 0 radical (unpaired) electrons. The van der Waals surface area contributed by atoms with Gasteiger partial charge in [0.25, 0.3) is 0 Å². The highest BCUT2D eigenvalue weighted by atomic mass is 79.9. The lowest BCUT2D eigenvalue weighted by Gasteiger charge is -1.77. The van der Waals surface area contributed by atoms with Gasteiger partial charge in [-0.25, -0.2) is 0 Å². The normalized spacial score (nSPS) is 10.5. The van der Waals surface area contributed by atoms with Crippen LogP contribution in [0.4, 0.5) is 0 Å². The number of thiophene rings is 1. The summed E-state index contributed by atoms with van der Waals surface area (Å²) in [6.45, 7) is 3.59. The van der Waals surface area contributed by atoms with Crippen molar-refractivity contribution >= 4 is 33.3 Å². The van der Waals surface area contributed by atoms with E-state index in [4.69, 9.17) is 0 Å². The standard InChI is InChI=1S/C8H7BrS/c1-2-3-4-7-5-6-8(9)10-7/h2-6H,1H2. The number of allylic oxidation sites excluding steroid dienone is 2. The van der Waals surface area contributed by atoms with Gasteiger partial charge in [0.05, 0.1) is 3.79 Å². The molecule has 0 bridgehead atoms. The van der Waals surface area contributed by atoms with Gasteiger partial charge in [-0.3, -0.25) is 0 Å². The number of hydrogen-bond donors (Lipinski definition) is 0. The van der Waals surface area contributed by atoms with Crippen LogP contribution in [0.1, 0.15) is 4.88 Å². The molecule has 0 fully saturated rings. The second-order valence-corrected chi connectivity index (χ2v) is 4.23. The van der Waals surface area contributed by atoms with Crippen LogP contribution in [-0.4, -0.2) is 0 Å². The van der Waals surface area contributed by atoms with Crippen molar-refractivity contribution < 1.29 is 0 Å². The van der Waals surface area contributed by atoms with Gasteiger partial charge in [-0.1, -0.05) is 18.7 Å². The summed E-state index contributed by atoms with van der Waals surface area (Å²) in [5.74, 6) is 0. The van der Waals surface area contributed by atoms with Crippen molar-refractivity contribution in [3.8, 4) is 0 Å². The van der Waals surface area contributed by atoms with Gasteiger partial charge in [0.15, 0.2) is 0 Å². The molecular formula is C8H7BrS. The zero-order valence-corrected chi connectivity index (χ0v) is 7.78. The first-order valence-corrected chi connectivity index (χ1v) is 4.48. The summed E-state index contributed by atoms with van der Waals surface area (Å²) in [6, 6.07) is 4.10. The van der Waals surface area contributed by atoms with E-state index in [1.165, 1.54) is 4.88 Å². The number of hydrogen-bond acceptors (Lipinski definition) is 1. The largest absolute Gasteiger partial charge is 0.129 e. The molecule has 0 spiro atoms. The van der Waals surface area contributed by atoms with Crippen molar-refractivity contribution in [3.63, 3.8) is 0 Å². The predicted octanol–water partition coefficient (Wildman–Crippen LogP) is 3.71. The molecule has 0 saturated carbocycles. The van der Waals surface area contributed by atoms with Gasteiger partial charge in [0.2, 0.25) is 0 Å². The Kier molecular flexibility index (Phi) is 2.90. The number of rotatable bonds is 2. The van der Waals surface area contributed by atoms with Gasteiger partial charge >= 0.3 is 0 Å². The van der Waals surface area contributed by atoms with Crippen LogP contribution >= 0.6 is 27.3 Å². The minimum absolute atomic E-state index is 1.16. The van der Waals surface area contributed by atoms with Gasteiger partial charge in [0.1, 0.15) is 0 Å². The van der Waals surface area contributed by atoms with Gasteiger partial charge < -0.3 is 0 Å². The summed E-state index contributed by atoms with van der Waals surface area (Å²) >= 11 is 5.09. The van der Waals surface area contributed by atoms with E-state index in [0.29, 0.717) is 0 Å². The lowest BCUT2D eigenvalue weighted by Crippen LogP contribution is -1.51. The van der Waals surface area contributed by atoms with E-state index < -0.39 is 0 Å². The van der Waals surface area contributed by atoms with Crippen LogP contribution in [-0.2, 0) is 0 Å². The fraction of sp³-hybridized carbons (Fsp3) is 0. The predicted molar refractivity (Wildman–Crippen MR) is 51.3 cm³/mol. The second kappa shape index (κ2) is 3.74. The molecule has 0 aliphatic heterocycles. The summed E-state index contributed by atoms with van der Waals surface area (Å²) in [4.78, 5) is 1.24. The third-order valence-corrected chi connectivity index (χ3v) is 2.58. The van der Waals surface area contributed by atoms with Crippen molar-refractivity contribution in [3.05, 3.63) is 39.5 Å². The summed E-state index contributed by atoms with van der Waals surface area (Å²) in [7, 11) is 0. The minimum atomic E-state index is 1.16. The molecule has 2 heteroatoms. The average Bonchev–Trinajstić information content (AvgIpc) is 2.31. The van der Waals surface area contributed by atoms with Crippen LogP contribution < -0.4 is 0 Å².